The second kappa shape index (κ2) is 5.66. The zero-order valence-electron chi connectivity index (χ0n) is 11.1. The average molecular weight is 265 g/mol. The molecule has 1 saturated heterocycles. The highest BCUT2D eigenvalue weighted by atomic mass is 32.2. The summed E-state index contributed by atoms with van der Waals surface area (Å²) in [5.41, 5.74) is 1.42. The van der Waals surface area contributed by atoms with Crippen molar-refractivity contribution >= 4 is 11.8 Å². The van der Waals surface area contributed by atoms with Crippen LogP contribution in [0.5, 0.6) is 0 Å². The number of hydrogen-bond acceptors (Lipinski definition) is 3. The fourth-order valence-electron chi connectivity index (χ4n) is 3.39. The fraction of sp³-hybridized carbons (Fsp3) is 0.786. The van der Waals surface area contributed by atoms with E-state index in [1.165, 1.54) is 44.2 Å². The van der Waals surface area contributed by atoms with Crippen LogP contribution >= 0.6 is 11.8 Å². The van der Waals surface area contributed by atoms with E-state index in [-0.39, 0.29) is 0 Å². The predicted molar refractivity (Wildman–Crippen MR) is 77.0 cm³/mol. The highest BCUT2D eigenvalue weighted by molar-refractivity contribution is 7.99. The van der Waals surface area contributed by atoms with E-state index in [0.29, 0.717) is 12.1 Å². The first-order valence-electron chi connectivity index (χ1n) is 7.16. The van der Waals surface area contributed by atoms with E-state index in [1.807, 2.05) is 11.8 Å². The van der Waals surface area contributed by atoms with Crippen molar-refractivity contribution in [3.8, 4) is 0 Å². The van der Waals surface area contributed by atoms with Gasteiger partial charge in [-0.05, 0) is 51.3 Å². The number of nitrogens with zero attached hydrogens (tertiary/aromatic N) is 2. The SMILES string of the molecule is CSC1CCC(n2cncc2[C@@H]2CCCN2)CC1. The minimum atomic E-state index is 0.547. The fourth-order valence-corrected chi connectivity index (χ4v) is 4.13. The van der Waals surface area contributed by atoms with Gasteiger partial charge in [0.05, 0.1) is 12.0 Å². The van der Waals surface area contributed by atoms with Gasteiger partial charge < -0.3 is 9.88 Å². The van der Waals surface area contributed by atoms with Gasteiger partial charge in [-0.3, -0.25) is 0 Å². The van der Waals surface area contributed by atoms with Gasteiger partial charge in [-0.2, -0.15) is 11.8 Å². The molecule has 0 unspecified atom stereocenters. The van der Waals surface area contributed by atoms with E-state index < -0.39 is 0 Å². The lowest BCUT2D eigenvalue weighted by Crippen LogP contribution is -2.23. The summed E-state index contributed by atoms with van der Waals surface area (Å²) in [4.78, 5) is 4.40. The van der Waals surface area contributed by atoms with Crippen LogP contribution in [0.25, 0.3) is 0 Å². The van der Waals surface area contributed by atoms with Gasteiger partial charge in [0, 0.05) is 23.5 Å². The van der Waals surface area contributed by atoms with Crippen LogP contribution in [0, 0.1) is 0 Å². The van der Waals surface area contributed by atoms with Gasteiger partial charge in [0.1, 0.15) is 0 Å². The third-order valence-corrected chi connectivity index (χ3v) is 5.62. The first-order chi connectivity index (χ1) is 8.88. The zero-order chi connectivity index (χ0) is 12.4. The summed E-state index contributed by atoms with van der Waals surface area (Å²) in [6.07, 6.45) is 14.3. The van der Waals surface area contributed by atoms with Gasteiger partial charge >= 0.3 is 0 Å². The smallest absolute Gasteiger partial charge is 0.0951 e. The molecule has 0 aromatic carbocycles. The molecule has 2 fully saturated rings. The quantitative estimate of drug-likeness (QED) is 0.910. The molecule has 0 bridgehead atoms. The maximum Gasteiger partial charge on any atom is 0.0951 e. The largest absolute Gasteiger partial charge is 0.330 e. The second-order valence-electron chi connectivity index (χ2n) is 5.54. The predicted octanol–water partition coefficient (Wildman–Crippen LogP) is 3.15. The Labute approximate surface area is 114 Å². The number of imidazole rings is 1. The van der Waals surface area contributed by atoms with Crippen LogP contribution in [0.15, 0.2) is 12.5 Å². The summed E-state index contributed by atoms with van der Waals surface area (Å²) < 4.78 is 2.46. The van der Waals surface area contributed by atoms with Crippen LogP contribution in [0.4, 0.5) is 0 Å². The Morgan fingerprint density at radius 2 is 2.11 bits per heavy atom. The first kappa shape index (κ1) is 12.5. The molecule has 1 saturated carbocycles. The van der Waals surface area contributed by atoms with Crippen LogP contribution in [0.3, 0.4) is 0 Å². The van der Waals surface area contributed by atoms with Crippen LogP contribution in [0.2, 0.25) is 0 Å². The number of aromatic nitrogens is 2. The Morgan fingerprint density at radius 1 is 1.28 bits per heavy atom. The monoisotopic (exact) mass is 265 g/mol. The second-order valence-corrected chi connectivity index (χ2v) is 6.68. The molecule has 18 heavy (non-hydrogen) atoms. The lowest BCUT2D eigenvalue weighted by atomic mass is 9.94. The lowest BCUT2D eigenvalue weighted by Gasteiger charge is -2.30. The first-order valence-corrected chi connectivity index (χ1v) is 8.45. The molecule has 100 valence electrons. The summed E-state index contributed by atoms with van der Waals surface area (Å²) >= 11 is 2.04. The van der Waals surface area contributed by atoms with E-state index in [4.69, 9.17) is 0 Å². The van der Waals surface area contributed by atoms with Crippen molar-refractivity contribution < 1.29 is 0 Å². The maximum atomic E-state index is 4.40. The van der Waals surface area contributed by atoms with Gasteiger partial charge in [0.15, 0.2) is 0 Å². The Morgan fingerprint density at radius 3 is 2.78 bits per heavy atom. The minimum Gasteiger partial charge on any atom is -0.330 e. The average Bonchev–Trinajstić information content (AvgIpc) is 3.09. The molecule has 2 aliphatic rings. The highest BCUT2D eigenvalue weighted by Crippen LogP contribution is 2.35. The molecular formula is C14H23N3S. The summed E-state index contributed by atoms with van der Waals surface area (Å²) in [6.45, 7) is 1.16. The maximum absolute atomic E-state index is 4.40. The summed E-state index contributed by atoms with van der Waals surface area (Å²) in [7, 11) is 0. The topological polar surface area (TPSA) is 29.9 Å². The van der Waals surface area contributed by atoms with Gasteiger partial charge in [0.25, 0.3) is 0 Å². The minimum absolute atomic E-state index is 0.547. The van der Waals surface area contributed by atoms with Crippen molar-refractivity contribution in [2.24, 2.45) is 0 Å². The number of hydrogen-bond donors (Lipinski definition) is 1. The highest BCUT2D eigenvalue weighted by Gasteiger charge is 2.26. The number of rotatable bonds is 3. The lowest BCUT2D eigenvalue weighted by molar-refractivity contribution is 0.346. The van der Waals surface area contributed by atoms with E-state index in [9.17, 15) is 0 Å². The molecular weight excluding hydrogens is 242 g/mol. The summed E-state index contributed by atoms with van der Waals surface area (Å²) in [5.74, 6) is 0. The molecule has 3 rings (SSSR count). The van der Waals surface area contributed by atoms with Crippen molar-refractivity contribution in [3.05, 3.63) is 18.2 Å². The third kappa shape index (κ3) is 2.45. The van der Waals surface area contributed by atoms with Gasteiger partial charge in [-0.25, -0.2) is 4.98 Å². The molecule has 1 aromatic heterocycles. The van der Waals surface area contributed by atoms with Crippen LogP contribution in [-0.2, 0) is 0 Å². The van der Waals surface area contributed by atoms with Gasteiger partial charge in [-0.1, -0.05) is 0 Å². The Hall–Kier alpha value is -0.480. The molecule has 1 aliphatic carbocycles. The van der Waals surface area contributed by atoms with Crippen LogP contribution < -0.4 is 5.32 Å². The number of nitrogens with one attached hydrogen (secondary N) is 1. The van der Waals surface area contributed by atoms with Crippen molar-refractivity contribution in [1.29, 1.82) is 0 Å². The van der Waals surface area contributed by atoms with E-state index in [1.54, 1.807) is 0 Å². The molecule has 3 nitrogen and oxygen atoms in total. The molecule has 1 atom stereocenters. The molecule has 0 amide bonds. The van der Waals surface area contributed by atoms with Gasteiger partial charge in [-0.15, -0.1) is 0 Å². The Balaban J connectivity index is 1.71. The summed E-state index contributed by atoms with van der Waals surface area (Å²) in [5, 5.41) is 4.48. The van der Waals surface area contributed by atoms with Crippen molar-refractivity contribution in [2.45, 2.75) is 55.9 Å². The molecule has 1 aromatic rings. The van der Waals surface area contributed by atoms with Crippen molar-refractivity contribution in [3.63, 3.8) is 0 Å². The van der Waals surface area contributed by atoms with Gasteiger partial charge in [0.2, 0.25) is 0 Å². The van der Waals surface area contributed by atoms with E-state index in [0.717, 1.165) is 11.8 Å². The Kier molecular flexibility index (Phi) is 3.94. The third-order valence-electron chi connectivity index (χ3n) is 4.48. The van der Waals surface area contributed by atoms with Crippen molar-refractivity contribution in [2.75, 3.05) is 12.8 Å². The molecule has 0 radical (unpaired) electrons. The van der Waals surface area contributed by atoms with E-state index >= 15 is 0 Å². The normalized spacial score (nSPS) is 32.8. The standard InChI is InChI=1S/C14H23N3S/c1-18-12-6-4-11(5-7-12)17-10-15-9-14(17)13-3-2-8-16-13/h9-13,16H,2-8H2,1H3/t11?,12?,13-/m0/s1. The van der Waals surface area contributed by atoms with E-state index in [2.05, 4.69) is 33.6 Å². The van der Waals surface area contributed by atoms with Crippen molar-refractivity contribution in [1.82, 2.24) is 14.9 Å². The zero-order valence-corrected chi connectivity index (χ0v) is 12.0. The molecule has 1 aliphatic heterocycles. The molecule has 4 heteroatoms. The Bertz CT molecular complexity index is 376. The molecule has 2 heterocycles. The van der Waals surface area contributed by atoms with Crippen LogP contribution in [0.1, 0.15) is 56.3 Å². The van der Waals surface area contributed by atoms with Crippen LogP contribution in [-0.4, -0.2) is 27.6 Å². The molecule has 1 N–H and O–H groups in total. The molecule has 0 spiro atoms. The summed E-state index contributed by atoms with van der Waals surface area (Å²) in [6, 6.07) is 1.24. The number of thioether (sulfide) groups is 1.